The molecule has 96 valence electrons. The lowest BCUT2D eigenvalue weighted by atomic mass is 9.84. The van der Waals surface area contributed by atoms with Crippen LogP contribution in [0, 0.1) is 11.8 Å². The summed E-state index contributed by atoms with van der Waals surface area (Å²) in [5, 5.41) is 0.664. The number of hydrogen-bond donors (Lipinski definition) is 0. The average molecular weight is 310 g/mol. The molecular formula is C12H17Cl2NS2. The fourth-order valence-electron chi connectivity index (χ4n) is 2.70. The molecule has 0 N–H and O–H groups in total. The molecule has 0 aromatic carbocycles. The monoisotopic (exact) mass is 309 g/mol. The molecule has 2 bridgehead atoms. The summed E-state index contributed by atoms with van der Waals surface area (Å²) in [6.45, 7) is 2.29. The number of thioether (sulfide) groups is 1. The van der Waals surface area contributed by atoms with Crippen LogP contribution in [0.15, 0.2) is 10.6 Å². The van der Waals surface area contributed by atoms with E-state index in [-0.39, 0.29) is 0 Å². The Hall–Kier alpha value is 0.560. The molecule has 0 atom stereocenters. The maximum Gasteiger partial charge on any atom is 0.136 e. The summed E-state index contributed by atoms with van der Waals surface area (Å²) in [6, 6.07) is 0. The Labute approximate surface area is 123 Å². The second-order valence-corrected chi connectivity index (χ2v) is 7.22. The molecule has 2 aliphatic heterocycles. The van der Waals surface area contributed by atoms with Gasteiger partial charge in [0.2, 0.25) is 0 Å². The van der Waals surface area contributed by atoms with Crippen molar-refractivity contribution >= 4 is 51.5 Å². The van der Waals surface area contributed by atoms with Crippen molar-refractivity contribution in [2.24, 2.45) is 11.8 Å². The molecule has 0 unspecified atom stereocenters. The Morgan fingerprint density at radius 2 is 1.76 bits per heavy atom. The van der Waals surface area contributed by atoms with Crippen LogP contribution in [0.25, 0.3) is 0 Å². The summed E-state index contributed by atoms with van der Waals surface area (Å²) < 4.78 is 0.987. The minimum absolute atomic E-state index is 0.664. The van der Waals surface area contributed by atoms with Crippen LogP contribution in [0.5, 0.6) is 0 Å². The zero-order valence-electron chi connectivity index (χ0n) is 9.70. The first kappa shape index (κ1) is 14.0. The maximum absolute atomic E-state index is 5.88. The second-order valence-electron chi connectivity index (χ2n) is 4.90. The molecule has 0 radical (unpaired) electrons. The third kappa shape index (κ3) is 4.02. The number of nitrogens with zero attached hydrogens (tertiary/aromatic N) is 1. The molecule has 0 aromatic rings. The highest BCUT2D eigenvalue weighted by molar-refractivity contribution is 8.23. The van der Waals surface area contributed by atoms with Crippen molar-refractivity contribution in [2.45, 2.75) is 25.7 Å². The van der Waals surface area contributed by atoms with E-state index in [4.69, 9.17) is 35.4 Å². The van der Waals surface area contributed by atoms with Gasteiger partial charge in [-0.3, -0.25) is 0 Å². The first-order valence-electron chi connectivity index (χ1n) is 6.05. The van der Waals surface area contributed by atoms with Crippen LogP contribution in [0.3, 0.4) is 0 Å². The van der Waals surface area contributed by atoms with Gasteiger partial charge >= 0.3 is 0 Å². The van der Waals surface area contributed by atoms with Gasteiger partial charge in [-0.05, 0) is 37.5 Å². The summed E-state index contributed by atoms with van der Waals surface area (Å²) >= 11 is 18.5. The first-order chi connectivity index (χ1) is 8.19. The van der Waals surface area contributed by atoms with E-state index in [1.807, 2.05) is 0 Å². The number of rotatable bonds is 2. The zero-order valence-corrected chi connectivity index (χ0v) is 12.8. The summed E-state index contributed by atoms with van der Waals surface area (Å²) in [5.41, 5.74) is 1.42. The fourth-order valence-corrected chi connectivity index (χ4v) is 4.03. The number of thiocarbonyl (C=S) groups is 1. The van der Waals surface area contributed by atoms with Crippen LogP contribution in [-0.4, -0.2) is 28.1 Å². The molecule has 2 heterocycles. The minimum Gasteiger partial charge on any atom is -0.357 e. The Balaban J connectivity index is 1.87. The van der Waals surface area contributed by atoms with E-state index >= 15 is 0 Å². The topological polar surface area (TPSA) is 3.24 Å². The van der Waals surface area contributed by atoms with Crippen molar-refractivity contribution in [3.63, 3.8) is 0 Å². The molecule has 0 spiro atoms. The second kappa shape index (κ2) is 6.65. The Bertz CT molecular complexity index is 298. The van der Waals surface area contributed by atoms with Crippen molar-refractivity contribution in [1.29, 1.82) is 0 Å². The van der Waals surface area contributed by atoms with Crippen molar-refractivity contribution < 1.29 is 0 Å². The molecule has 0 aromatic heterocycles. The summed E-state index contributed by atoms with van der Waals surface area (Å²) in [4.78, 5) is 2.38. The maximum atomic E-state index is 5.88. The SMILES string of the molecule is S=C(SCC(Cl)=CCl)N1C[C@H]2CC[C@@H](CC2)C1. The van der Waals surface area contributed by atoms with Gasteiger partial charge in [0.05, 0.1) is 0 Å². The average Bonchev–Trinajstić information content (AvgIpc) is 2.68. The molecule has 3 fully saturated rings. The van der Waals surface area contributed by atoms with E-state index in [1.165, 1.54) is 31.2 Å². The third-order valence-corrected chi connectivity index (χ3v) is 5.98. The van der Waals surface area contributed by atoms with Crippen LogP contribution in [0.2, 0.25) is 0 Å². The van der Waals surface area contributed by atoms with Gasteiger partial charge in [0.15, 0.2) is 0 Å². The highest BCUT2D eigenvalue weighted by Gasteiger charge is 2.30. The van der Waals surface area contributed by atoms with Crippen molar-refractivity contribution in [1.82, 2.24) is 4.90 Å². The third-order valence-electron chi connectivity index (χ3n) is 3.63. The minimum atomic E-state index is 0.664. The summed E-state index contributed by atoms with van der Waals surface area (Å²) in [5.74, 6) is 2.40. The molecule has 3 aliphatic rings. The summed E-state index contributed by atoms with van der Waals surface area (Å²) in [6.07, 6.45) is 5.54. The first-order valence-corrected chi connectivity index (χ1v) is 8.26. The van der Waals surface area contributed by atoms with Gasteiger partial charge in [-0.2, -0.15) is 0 Å². The molecule has 17 heavy (non-hydrogen) atoms. The molecule has 2 saturated heterocycles. The largest absolute Gasteiger partial charge is 0.357 e. The zero-order chi connectivity index (χ0) is 12.3. The van der Waals surface area contributed by atoms with Gasteiger partial charge in [0.1, 0.15) is 4.32 Å². The van der Waals surface area contributed by atoms with Crippen LogP contribution >= 0.6 is 47.2 Å². The molecule has 1 aliphatic carbocycles. The van der Waals surface area contributed by atoms with E-state index < -0.39 is 0 Å². The lowest BCUT2D eigenvalue weighted by molar-refractivity contribution is 0.326. The smallest absolute Gasteiger partial charge is 0.136 e. The van der Waals surface area contributed by atoms with Gasteiger partial charge in [0.25, 0.3) is 0 Å². The van der Waals surface area contributed by atoms with Crippen LogP contribution in [-0.2, 0) is 0 Å². The predicted octanol–water partition coefficient (Wildman–Crippen LogP) is 4.45. The van der Waals surface area contributed by atoms with E-state index in [1.54, 1.807) is 11.8 Å². The van der Waals surface area contributed by atoms with E-state index in [9.17, 15) is 0 Å². The highest BCUT2D eigenvalue weighted by Crippen LogP contribution is 2.35. The number of fused-ring (bicyclic) bond motifs is 4. The number of hydrogen-bond acceptors (Lipinski definition) is 2. The normalized spacial score (nSPS) is 29.3. The van der Waals surface area contributed by atoms with Gasteiger partial charge < -0.3 is 4.90 Å². The molecule has 3 rings (SSSR count). The lowest BCUT2D eigenvalue weighted by Gasteiger charge is -2.24. The highest BCUT2D eigenvalue weighted by atomic mass is 35.5. The number of halogens is 2. The molecule has 0 amide bonds. The molecule has 1 saturated carbocycles. The van der Waals surface area contributed by atoms with Crippen LogP contribution in [0.1, 0.15) is 25.7 Å². The Morgan fingerprint density at radius 1 is 1.24 bits per heavy atom. The van der Waals surface area contributed by atoms with Crippen LogP contribution < -0.4 is 0 Å². The van der Waals surface area contributed by atoms with Crippen molar-refractivity contribution in [3.05, 3.63) is 10.6 Å². The van der Waals surface area contributed by atoms with E-state index in [0.29, 0.717) is 10.8 Å². The van der Waals surface area contributed by atoms with E-state index in [0.717, 1.165) is 29.2 Å². The van der Waals surface area contributed by atoms with Gasteiger partial charge in [-0.15, -0.1) is 0 Å². The molecule has 1 nitrogen and oxygen atoms in total. The Kier molecular flexibility index (Phi) is 5.47. The lowest BCUT2D eigenvalue weighted by Crippen LogP contribution is -2.31. The van der Waals surface area contributed by atoms with E-state index in [2.05, 4.69) is 4.90 Å². The van der Waals surface area contributed by atoms with Crippen molar-refractivity contribution in [2.75, 3.05) is 18.8 Å². The van der Waals surface area contributed by atoms with Crippen molar-refractivity contribution in [3.8, 4) is 0 Å². The Morgan fingerprint density at radius 3 is 2.24 bits per heavy atom. The van der Waals surface area contributed by atoms with Gasteiger partial charge in [-0.25, -0.2) is 0 Å². The van der Waals surface area contributed by atoms with Crippen LogP contribution in [0.4, 0.5) is 0 Å². The molecule has 5 heteroatoms. The molecular weight excluding hydrogens is 293 g/mol. The summed E-state index contributed by atoms with van der Waals surface area (Å²) in [7, 11) is 0. The van der Waals surface area contributed by atoms with Gasteiger partial charge in [-0.1, -0.05) is 47.2 Å². The predicted molar refractivity (Wildman–Crippen MR) is 81.9 cm³/mol. The van der Waals surface area contributed by atoms with Gasteiger partial charge in [0, 0.05) is 29.4 Å². The standard InChI is InChI=1S/C12H17Cl2NS2/c13-5-11(14)8-17-12(16)15-6-9-1-2-10(7-15)4-3-9/h5,9-10H,1-4,6-8H2/t9-,10-. The quantitative estimate of drug-likeness (QED) is 0.694. The fraction of sp³-hybridized carbons (Fsp3) is 0.750.